The maximum Gasteiger partial charge on any atom is 0.251 e. The van der Waals surface area contributed by atoms with Gasteiger partial charge in [0.1, 0.15) is 11.8 Å². The third kappa shape index (κ3) is 5.40. The summed E-state index contributed by atoms with van der Waals surface area (Å²) in [6.07, 6.45) is 0.694. The van der Waals surface area contributed by atoms with Gasteiger partial charge in [-0.25, -0.2) is 0 Å². The van der Waals surface area contributed by atoms with Gasteiger partial charge in [-0.3, -0.25) is 20.0 Å². The van der Waals surface area contributed by atoms with Crippen LogP contribution in [0.2, 0.25) is 5.02 Å². The Morgan fingerprint density at radius 1 is 1.16 bits per heavy atom. The molecule has 1 aromatic heterocycles. The zero-order chi connectivity index (χ0) is 22.4. The van der Waals surface area contributed by atoms with Gasteiger partial charge in [0, 0.05) is 10.6 Å². The molecule has 1 heterocycles. The van der Waals surface area contributed by atoms with Gasteiger partial charge < -0.3 is 10.1 Å². The molecular weight excluding hydrogens is 418 g/mol. The monoisotopic (exact) mass is 441 g/mol. The molecule has 0 radical (unpaired) electrons. The van der Waals surface area contributed by atoms with E-state index in [0.717, 1.165) is 0 Å². The Labute approximate surface area is 185 Å². The van der Waals surface area contributed by atoms with Crippen molar-refractivity contribution in [3.05, 3.63) is 59.1 Å². The van der Waals surface area contributed by atoms with Crippen LogP contribution in [0.15, 0.2) is 48.5 Å². The van der Waals surface area contributed by atoms with Crippen molar-refractivity contribution in [2.75, 3.05) is 12.4 Å². The molecule has 0 saturated carbocycles. The second kappa shape index (κ2) is 10.1. The van der Waals surface area contributed by atoms with Crippen molar-refractivity contribution < 1.29 is 14.3 Å². The lowest BCUT2D eigenvalue weighted by Gasteiger charge is -2.23. The van der Waals surface area contributed by atoms with Crippen LogP contribution in [0.3, 0.4) is 0 Å². The first-order valence-electron chi connectivity index (χ1n) is 9.86. The van der Waals surface area contributed by atoms with E-state index in [1.807, 2.05) is 32.0 Å². The lowest BCUT2D eigenvalue weighted by Crippen LogP contribution is -2.47. The number of para-hydroxylation sites is 1. The minimum atomic E-state index is -0.763. The van der Waals surface area contributed by atoms with Crippen molar-refractivity contribution in [2.24, 2.45) is 5.92 Å². The molecule has 31 heavy (non-hydrogen) atoms. The number of anilines is 1. The highest BCUT2D eigenvalue weighted by molar-refractivity contribution is 6.30. The molecule has 0 fully saturated rings. The van der Waals surface area contributed by atoms with Crippen LogP contribution in [-0.2, 0) is 4.79 Å². The molecule has 162 valence electrons. The van der Waals surface area contributed by atoms with E-state index in [2.05, 4.69) is 25.8 Å². The Hall–Kier alpha value is -3.39. The first kappa shape index (κ1) is 22.3. The maximum atomic E-state index is 12.9. The number of hydrogen-bond donors (Lipinski definition) is 3. The average molecular weight is 442 g/mol. The molecule has 2 atom stereocenters. The van der Waals surface area contributed by atoms with E-state index in [-0.39, 0.29) is 17.8 Å². The summed E-state index contributed by atoms with van der Waals surface area (Å²) in [6, 6.07) is 13.0. The maximum absolute atomic E-state index is 12.9. The van der Waals surface area contributed by atoms with Crippen LogP contribution in [-0.4, -0.2) is 40.1 Å². The van der Waals surface area contributed by atoms with E-state index in [1.54, 1.807) is 37.4 Å². The molecule has 9 heteroatoms. The number of benzene rings is 2. The van der Waals surface area contributed by atoms with Crippen LogP contribution < -0.4 is 15.4 Å². The van der Waals surface area contributed by atoms with Crippen LogP contribution in [0.25, 0.3) is 11.4 Å². The molecule has 8 nitrogen and oxygen atoms in total. The lowest BCUT2D eigenvalue weighted by molar-refractivity contribution is -0.119. The van der Waals surface area contributed by atoms with E-state index in [9.17, 15) is 9.59 Å². The smallest absolute Gasteiger partial charge is 0.251 e. The number of nitrogens with one attached hydrogen (secondary N) is 3. The van der Waals surface area contributed by atoms with Crippen LogP contribution in [0.5, 0.6) is 5.75 Å². The number of halogens is 1. The Morgan fingerprint density at radius 2 is 1.87 bits per heavy atom. The van der Waals surface area contributed by atoms with Gasteiger partial charge in [-0.2, -0.15) is 4.98 Å². The van der Waals surface area contributed by atoms with Gasteiger partial charge in [0.15, 0.2) is 5.82 Å². The Morgan fingerprint density at radius 3 is 2.55 bits per heavy atom. The number of rotatable bonds is 8. The number of ether oxygens (including phenoxy) is 1. The number of carbonyl (C=O) groups is 2. The average Bonchev–Trinajstić information content (AvgIpc) is 3.25. The van der Waals surface area contributed by atoms with Gasteiger partial charge in [-0.15, -0.1) is 5.10 Å². The summed E-state index contributed by atoms with van der Waals surface area (Å²) < 4.78 is 5.34. The summed E-state index contributed by atoms with van der Waals surface area (Å²) in [6.45, 7) is 3.84. The number of carbonyl (C=O) groups excluding carboxylic acids is 2. The number of aromatic nitrogens is 3. The molecule has 0 aliphatic carbocycles. The molecule has 0 spiro atoms. The zero-order valence-electron chi connectivity index (χ0n) is 17.5. The minimum Gasteiger partial charge on any atom is -0.496 e. The Bertz CT molecular complexity index is 1050. The van der Waals surface area contributed by atoms with Crippen molar-refractivity contribution in [1.82, 2.24) is 20.5 Å². The molecule has 0 aliphatic rings. The minimum absolute atomic E-state index is 0.108. The predicted octanol–water partition coefficient (Wildman–Crippen LogP) is 3.92. The zero-order valence-corrected chi connectivity index (χ0v) is 18.2. The highest BCUT2D eigenvalue weighted by Gasteiger charge is 2.27. The van der Waals surface area contributed by atoms with Gasteiger partial charge in [0.05, 0.1) is 12.7 Å². The van der Waals surface area contributed by atoms with Gasteiger partial charge in [0.25, 0.3) is 5.91 Å². The molecule has 2 aromatic carbocycles. The van der Waals surface area contributed by atoms with E-state index in [0.29, 0.717) is 34.1 Å². The number of H-pyrrole nitrogens is 1. The molecule has 3 aromatic rings. The van der Waals surface area contributed by atoms with Crippen LogP contribution in [0, 0.1) is 5.92 Å². The first-order valence-corrected chi connectivity index (χ1v) is 10.2. The number of methoxy groups -OCH3 is 1. The normalized spacial score (nSPS) is 12.6. The van der Waals surface area contributed by atoms with E-state index < -0.39 is 11.9 Å². The van der Waals surface area contributed by atoms with Crippen molar-refractivity contribution >= 4 is 29.4 Å². The lowest BCUT2D eigenvalue weighted by atomic mass is 9.98. The number of amides is 2. The van der Waals surface area contributed by atoms with E-state index >= 15 is 0 Å². The highest BCUT2D eigenvalue weighted by Crippen LogP contribution is 2.27. The Kier molecular flexibility index (Phi) is 7.25. The summed E-state index contributed by atoms with van der Waals surface area (Å²) in [5.74, 6) is 0.329. The molecule has 3 rings (SSSR count). The van der Waals surface area contributed by atoms with Gasteiger partial charge in [0.2, 0.25) is 11.9 Å². The molecule has 0 aliphatic heterocycles. The highest BCUT2D eigenvalue weighted by atomic mass is 35.5. The summed E-state index contributed by atoms with van der Waals surface area (Å²) in [4.78, 5) is 29.9. The molecule has 0 saturated heterocycles. The number of aromatic amines is 1. The van der Waals surface area contributed by atoms with Crippen LogP contribution in [0.1, 0.15) is 30.6 Å². The van der Waals surface area contributed by atoms with Gasteiger partial charge in [-0.05, 0) is 42.3 Å². The van der Waals surface area contributed by atoms with Crippen LogP contribution >= 0.6 is 11.6 Å². The largest absolute Gasteiger partial charge is 0.496 e. The summed E-state index contributed by atoms with van der Waals surface area (Å²) >= 11 is 5.88. The van der Waals surface area contributed by atoms with Crippen molar-refractivity contribution in [3.63, 3.8) is 0 Å². The molecule has 2 unspecified atom stereocenters. The van der Waals surface area contributed by atoms with Crippen molar-refractivity contribution in [1.29, 1.82) is 0 Å². The second-order valence-electron chi connectivity index (χ2n) is 7.04. The van der Waals surface area contributed by atoms with Crippen molar-refractivity contribution in [2.45, 2.75) is 26.3 Å². The topological polar surface area (TPSA) is 109 Å². The third-order valence-corrected chi connectivity index (χ3v) is 5.22. The third-order valence-electron chi connectivity index (χ3n) is 4.97. The Balaban J connectivity index is 1.75. The number of hydrogen-bond acceptors (Lipinski definition) is 5. The fourth-order valence-electron chi connectivity index (χ4n) is 2.99. The quantitative estimate of drug-likeness (QED) is 0.491. The molecule has 0 bridgehead atoms. The van der Waals surface area contributed by atoms with Gasteiger partial charge in [-0.1, -0.05) is 44.0 Å². The molecule has 3 N–H and O–H groups in total. The summed E-state index contributed by atoms with van der Waals surface area (Å²) in [7, 11) is 1.57. The molecule has 2 amide bonds. The van der Waals surface area contributed by atoms with E-state index in [1.165, 1.54) is 0 Å². The summed E-state index contributed by atoms with van der Waals surface area (Å²) in [5.41, 5.74) is 1.13. The fraction of sp³-hybridized carbons (Fsp3) is 0.273. The molecular formula is C22H24ClN5O3. The van der Waals surface area contributed by atoms with Crippen LogP contribution in [0.4, 0.5) is 5.95 Å². The standard InChI is InChI=1S/C22H24ClN5O3/c1-4-13(2)18(24-20(29)14-9-11-15(23)12-10-14)21(30)26-22-25-19(27-28-22)16-7-5-6-8-17(16)31-3/h5-13,18H,4H2,1-3H3,(H,24,29)(H2,25,26,27,28,30). The second-order valence-corrected chi connectivity index (χ2v) is 7.48. The SMILES string of the molecule is CCC(C)C(NC(=O)c1ccc(Cl)cc1)C(=O)Nc1n[nH]c(-c2ccccc2OC)n1. The number of nitrogens with zero attached hydrogens (tertiary/aromatic N) is 2. The fourth-order valence-corrected chi connectivity index (χ4v) is 3.12. The predicted molar refractivity (Wildman–Crippen MR) is 119 cm³/mol. The first-order chi connectivity index (χ1) is 14.9. The van der Waals surface area contributed by atoms with Crippen molar-refractivity contribution in [3.8, 4) is 17.1 Å². The summed E-state index contributed by atoms with van der Waals surface area (Å²) in [5, 5.41) is 12.9. The van der Waals surface area contributed by atoms with E-state index in [4.69, 9.17) is 16.3 Å². The van der Waals surface area contributed by atoms with Gasteiger partial charge >= 0.3 is 0 Å².